The molecule has 1 aromatic carbocycles. The smallest absolute Gasteiger partial charge is 0.123 e. The van der Waals surface area contributed by atoms with E-state index < -0.39 is 0 Å². The van der Waals surface area contributed by atoms with E-state index in [4.69, 9.17) is 0 Å². The molecule has 1 nitrogen and oxygen atoms in total. The summed E-state index contributed by atoms with van der Waals surface area (Å²) in [5.74, 6) is 0.515. The minimum atomic E-state index is -0.115. The first-order valence-electron chi connectivity index (χ1n) is 6.12. The van der Waals surface area contributed by atoms with E-state index >= 15 is 0 Å². The quantitative estimate of drug-likeness (QED) is 0.824. The van der Waals surface area contributed by atoms with Crippen LogP contribution in [0.4, 0.5) is 4.39 Å². The summed E-state index contributed by atoms with van der Waals surface area (Å²) in [4.78, 5) is 0. The molecular weight excluding hydrogens is 201 g/mol. The molecule has 0 aromatic heterocycles. The monoisotopic (exact) mass is 221 g/mol. The number of hydrogen-bond donors (Lipinski definition) is 1. The lowest BCUT2D eigenvalue weighted by Crippen LogP contribution is -2.33. The van der Waals surface area contributed by atoms with Gasteiger partial charge in [-0.25, -0.2) is 4.39 Å². The van der Waals surface area contributed by atoms with Crippen molar-refractivity contribution in [2.45, 2.75) is 45.7 Å². The van der Waals surface area contributed by atoms with Crippen LogP contribution in [-0.2, 0) is 6.42 Å². The molecule has 0 fully saturated rings. The molecule has 0 saturated heterocycles. The standard InChI is InChI=1S/C14H20FN/c1-9(2)10(3)16-14-7-4-11-8-12(15)5-6-13(11)14/h5-6,8-10,14,16H,4,7H2,1-3H3. The van der Waals surface area contributed by atoms with E-state index in [9.17, 15) is 4.39 Å². The van der Waals surface area contributed by atoms with E-state index in [0.29, 0.717) is 18.0 Å². The minimum absolute atomic E-state index is 0.115. The van der Waals surface area contributed by atoms with Crippen LogP contribution < -0.4 is 5.32 Å². The van der Waals surface area contributed by atoms with Gasteiger partial charge in [0.1, 0.15) is 5.82 Å². The zero-order valence-corrected chi connectivity index (χ0v) is 10.3. The van der Waals surface area contributed by atoms with Crippen molar-refractivity contribution in [2.24, 2.45) is 5.92 Å². The molecule has 2 heteroatoms. The highest BCUT2D eigenvalue weighted by atomic mass is 19.1. The maximum absolute atomic E-state index is 13.1. The maximum atomic E-state index is 13.1. The van der Waals surface area contributed by atoms with Gasteiger partial charge in [0, 0.05) is 12.1 Å². The van der Waals surface area contributed by atoms with Gasteiger partial charge in [-0.05, 0) is 48.9 Å². The van der Waals surface area contributed by atoms with Gasteiger partial charge in [0.25, 0.3) is 0 Å². The van der Waals surface area contributed by atoms with Crippen molar-refractivity contribution in [1.29, 1.82) is 0 Å². The molecule has 1 aromatic rings. The number of fused-ring (bicyclic) bond motifs is 1. The highest BCUT2D eigenvalue weighted by molar-refractivity contribution is 5.35. The zero-order valence-electron chi connectivity index (χ0n) is 10.3. The molecule has 0 radical (unpaired) electrons. The summed E-state index contributed by atoms with van der Waals surface area (Å²) in [5, 5.41) is 3.63. The van der Waals surface area contributed by atoms with Crippen LogP contribution in [-0.4, -0.2) is 6.04 Å². The van der Waals surface area contributed by atoms with Crippen LogP contribution in [0.5, 0.6) is 0 Å². The van der Waals surface area contributed by atoms with Crippen molar-refractivity contribution in [3.05, 3.63) is 35.1 Å². The van der Waals surface area contributed by atoms with Gasteiger partial charge in [-0.1, -0.05) is 19.9 Å². The second-order valence-corrected chi connectivity index (χ2v) is 5.13. The van der Waals surface area contributed by atoms with Crippen molar-refractivity contribution in [1.82, 2.24) is 5.32 Å². The molecule has 2 atom stereocenters. The summed E-state index contributed by atoms with van der Waals surface area (Å²) in [7, 11) is 0. The molecule has 1 N–H and O–H groups in total. The third kappa shape index (κ3) is 2.27. The Balaban J connectivity index is 2.12. The Morgan fingerprint density at radius 2 is 2.06 bits per heavy atom. The molecule has 0 heterocycles. The molecule has 0 amide bonds. The highest BCUT2D eigenvalue weighted by Gasteiger charge is 2.24. The lowest BCUT2D eigenvalue weighted by molar-refractivity contribution is 0.375. The number of hydrogen-bond acceptors (Lipinski definition) is 1. The molecular formula is C14H20FN. The predicted molar refractivity (Wildman–Crippen MR) is 64.9 cm³/mol. The number of aryl methyl sites for hydroxylation is 1. The molecule has 2 unspecified atom stereocenters. The van der Waals surface area contributed by atoms with Crippen LogP contribution in [0.3, 0.4) is 0 Å². The van der Waals surface area contributed by atoms with Crippen LogP contribution in [0.15, 0.2) is 18.2 Å². The van der Waals surface area contributed by atoms with Crippen LogP contribution in [0.25, 0.3) is 0 Å². The van der Waals surface area contributed by atoms with Crippen molar-refractivity contribution >= 4 is 0 Å². The van der Waals surface area contributed by atoms with E-state index in [1.54, 1.807) is 12.1 Å². The number of benzene rings is 1. The Bertz CT molecular complexity index is 373. The molecule has 88 valence electrons. The summed E-state index contributed by atoms with van der Waals surface area (Å²) in [6.45, 7) is 6.66. The Labute approximate surface area is 97.1 Å². The summed E-state index contributed by atoms with van der Waals surface area (Å²) >= 11 is 0. The van der Waals surface area contributed by atoms with Crippen molar-refractivity contribution in [3.8, 4) is 0 Å². The van der Waals surface area contributed by atoms with Crippen molar-refractivity contribution in [3.63, 3.8) is 0 Å². The number of rotatable bonds is 3. The van der Waals surface area contributed by atoms with Crippen LogP contribution in [0, 0.1) is 11.7 Å². The fraction of sp³-hybridized carbons (Fsp3) is 0.571. The van der Waals surface area contributed by atoms with E-state index in [2.05, 4.69) is 26.1 Å². The molecule has 2 rings (SSSR count). The fourth-order valence-electron chi connectivity index (χ4n) is 2.27. The first-order valence-corrected chi connectivity index (χ1v) is 6.12. The summed E-state index contributed by atoms with van der Waals surface area (Å²) in [6.07, 6.45) is 2.09. The van der Waals surface area contributed by atoms with E-state index in [0.717, 1.165) is 12.8 Å². The van der Waals surface area contributed by atoms with E-state index in [1.165, 1.54) is 11.1 Å². The summed E-state index contributed by atoms with van der Waals surface area (Å²) in [5.41, 5.74) is 2.46. The Hall–Kier alpha value is -0.890. The lowest BCUT2D eigenvalue weighted by Gasteiger charge is -2.23. The zero-order chi connectivity index (χ0) is 11.7. The van der Waals surface area contributed by atoms with E-state index in [1.807, 2.05) is 6.07 Å². The number of halogens is 1. The molecule has 1 aliphatic carbocycles. The third-order valence-electron chi connectivity index (χ3n) is 3.65. The van der Waals surface area contributed by atoms with Gasteiger partial charge in [-0.15, -0.1) is 0 Å². The lowest BCUT2D eigenvalue weighted by atomic mass is 10.0. The van der Waals surface area contributed by atoms with Gasteiger partial charge in [-0.3, -0.25) is 0 Å². The molecule has 0 aliphatic heterocycles. The van der Waals surface area contributed by atoms with Crippen LogP contribution in [0.1, 0.15) is 44.4 Å². The number of nitrogens with one attached hydrogen (secondary N) is 1. The van der Waals surface area contributed by atoms with Crippen molar-refractivity contribution in [2.75, 3.05) is 0 Å². The normalized spacial score (nSPS) is 21.2. The summed E-state index contributed by atoms with van der Waals surface area (Å²) < 4.78 is 13.1. The molecule has 0 spiro atoms. The second-order valence-electron chi connectivity index (χ2n) is 5.13. The third-order valence-corrected chi connectivity index (χ3v) is 3.65. The van der Waals surface area contributed by atoms with Gasteiger partial charge < -0.3 is 5.32 Å². The largest absolute Gasteiger partial charge is 0.307 e. The van der Waals surface area contributed by atoms with Crippen LogP contribution in [0.2, 0.25) is 0 Å². The average molecular weight is 221 g/mol. The average Bonchev–Trinajstić information content (AvgIpc) is 2.60. The second kappa shape index (κ2) is 4.54. The fourth-order valence-corrected chi connectivity index (χ4v) is 2.27. The topological polar surface area (TPSA) is 12.0 Å². The molecule has 0 saturated carbocycles. The van der Waals surface area contributed by atoms with E-state index in [-0.39, 0.29) is 5.82 Å². The van der Waals surface area contributed by atoms with Crippen molar-refractivity contribution < 1.29 is 4.39 Å². The molecule has 0 bridgehead atoms. The van der Waals surface area contributed by atoms with Gasteiger partial charge >= 0.3 is 0 Å². The Kier molecular flexibility index (Phi) is 3.29. The molecule has 16 heavy (non-hydrogen) atoms. The van der Waals surface area contributed by atoms with Crippen LogP contribution >= 0.6 is 0 Å². The first-order chi connectivity index (χ1) is 7.58. The van der Waals surface area contributed by atoms with Gasteiger partial charge in [-0.2, -0.15) is 0 Å². The predicted octanol–water partition coefficient (Wildman–Crippen LogP) is 3.45. The van der Waals surface area contributed by atoms with Gasteiger partial charge in [0.05, 0.1) is 0 Å². The first kappa shape index (κ1) is 11.6. The Morgan fingerprint density at radius 1 is 1.31 bits per heavy atom. The van der Waals surface area contributed by atoms with Gasteiger partial charge in [0.15, 0.2) is 0 Å². The highest BCUT2D eigenvalue weighted by Crippen LogP contribution is 2.32. The SMILES string of the molecule is CC(C)C(C)NC1CCc2cc(F)ccc21. The van der Waals surface area contributed by atoms with Gasteiger partial charge in [0.2, 0.25) is 0 Å². The minimum Gasteiger partial charge on any atom is -0.307 e. The summed E-state index contributed by atoms with van der Waals surface area (Å²) in [6, 6.07) is 6.09. The molecule has 1 aliphatic rings. The Morgan fingerprint density at radius 3 is 2.75 bits per heavy atom. The maximum Gasteiger partial charge on any atom is 0.123 e.